The van der Waals surface area contributed by atoms with Gasteiger partial charge in [-0.25, -0.2) is 0 Å². The van der Waals surface area contributed by atoms with E-state index in [9.17, 15) is 4.79 Å². The lowest BCUT2D eigenvalue weighted by molar-refractivity contribution is -0.124. The predicted molar refractivity (Wildman–Crippen MR) is 75.3 cm³/mol. The van der Waals surface area contributed by atoms with Crippen molar-refractivity contribution in [3.05, 3.63) is 18.2 Å². The summed E-state index contributed by atoms with van der Waals surface area (Å²) in [5.74, 6) is 1.38. The van der Waals surface area contributed by atoms with Crippen molar-refractivity contribution in [3.8, 4) is 11.5 Å². The number of carbonyl (C=O) groups is 1. The molecule has 5 heteroatoms. The topological polar surface area (TPSA) is 73.6 Å². The van der Waals surface area contributed by atoms with Crippen LogP contribution in [0.1, 0.15) is 20.8 Å². The van der Waals surface area contributed by atoms with Crippen LogP contribution in [0.3, 0.4) is 0 Å². The van der Waals surface area contributed by atoms with Gasteiger partial charge < -0.3 is 20.5 Å². The van der Waals surface area contributed by atoms with Crippen molar-refractivity contribution in [2.75, 3.05) is 19.5 Å². The van der Waals surface area contributed by atoms with Gasteiger partial charge in [-0.1, -0.05) is 13.8 Å². The number of nitrogen functional groups attached to an aromatic ring is 1. The van der Waals surface area contributed by atoms with Gasteiger partial charge in [0, 0.05) is 12.1 Å². The summed E-state index contributed by atoms with van der Waals surface area (Å²) < 4.78 is 10.4. The Morgan fingerprint density at radius 2 is 2.05 bits per heavy atom. The highest BCUT2D eigenvalue weighted by atomic mass is 16.5. The highest BCUT2D eigenvalue weighted by Crippen LogP contribution is 2.25. The van der Waals surface area contributed by atoms with Gasteiger partial charge in [-0.3, -0.25) is 4.79 Å². The number of carbonyl (C=O) groups excluding carboxylic acids is 1. The van der Waals surface area contributed by atoms with Crippen molar-refractivity contribution in [1.29, 1.82) is 0 Å². The Balaban J connectivity index is 2.48. The summed E-state index contributed by atoms with van der Waals surface area (Å²) in [4.78, 5) is 11.6. The van der Waals surface area contributed by atoms with Gasteiger partial charge in [0.1, 0.15) is 11.5 Å². The third kappa shape index (κ3) is 4.69. The predicted octanol–water partition coefficient (Wildman–Crippen LogP) is 1.82. The van der Waals surface area contributed by atoms with Gasteiger partial charge >= 0.3 is 0 Å². The average molecular weight is 266 g/mol. The van der Waals surface area contributed by atoms with Crippen LogP contribution in [0.2, 0.25) is 0 Å². The fourth-order valence-electron chi connectivity index (χ4n) is 1.41. The van der Waals surface area contributed by atoms with E-state index in [2.05, 4.69) is 19.2 Å². The number of ether oxygens (including phenoxy) is 2. The zero-order valence-corrected chi connectivity index (χ0v) is 11.9. The molecule has 0 aliphatic carbocycles. The van der Waals surface area contributed by atoms with Crippen molar-refractivity contribution >= 4 is 11.6 Å². The minimum absolute atomic E-state index is 0.0250. The molecular weight excluding hydrogens is 244 g/mol. The monoisotopic (exact) mass is 266 g/mol. The Hall–Kier alpha value is -1.91. The van der Waals surface area contributed by atoms with Crippen LogP contribution in [0, 0.1) is 5.92 Å². The van der Waals surface area contributed by atoms with Crippen LogP contribution in [0.5, 0.6) is 11.5 Å². The molecule has 0 radical (unpaired) electrons. The zero-order chi connectivity index (χ0) is 14.4. The second-order valence-electron chi connectivity index (χ2n) is 4.79. The van der Waals surface area contributed by atoms with E-state index in [1.807, 2.05) is 6.92 Å². The molecule has 0 aromatic heterocycles. The third-order valence-corrected chi connectivity index (χ3v) is 2.96. The molecule has 19 heavy (non-hydrogen) atoms. The largest absolute Gasteiger partial charge is 0.495 e. The first-order valence-corrected chi connectivity index (χ1v) is 6.29. The lowest BCUT2D eigenvalue weighted by Crippen LogP contribution is -2.38. The van der Waals surface area contributed by atoms with Gasteiger partial charge in [0.15, 0.2) is 6.61 Å². The van der Waals surface area contributed by atoms with Crippen LogP contribution < -0.4 is 20.5 Å². The van der Waals surface area contributed by atoms with Crippen molar-refractivity contribution in [1.82, 2.24) is 5.32 Å². The van der Waals surface area contributed by atoms with Gasteiger partial charge in [0.05, 0.1) is 12.8 Å². The molecule has 0 aliphatic rings. The Morgan fingerprint density at radius 3 is 2.58 bits per heavy atom. The van der Waals surface area contributed by atoms with E-state index in [1.165, 1.54) is 0 Å². The van der Waals surface area contributed by atoms with E-state index >= 15 is 0 Å². The van der Waals surface area contributed by atoms with Crippen LogP contribution in [0.25, 0.3) is 0 Å². The minimum Gasteiger partial charge on any atom is -0.495 e. The van der Waals surface area contributed by atoms with E-state index in [0.717, 1.165) is 0 Å². The van der Waals surface area contributed by atoms with E-state index < -0.39 is 0 Å². The Labute approximate surface area is 114 Å². The molecule has 0 aliphatic heterocycles. The van der Waals surface area contributed by atoms with Crippen LogP contribution in [-0.2, 0) is 4.79 Å². The Morgan fingerprint density at radius 1 is 1.37 bits per heavy atom. The standard InChI is InChI=1S/C14H22N2O3/c1-9(2)10(3)16-14(17)8-19-11-5-6-13(18-4)12(15)7-11/h5-7,9-10H,8,15H2,1-4H3,(H,16,17). The number of anilines is 1. The first-order valence-electron chi connectivity index (χ1n) is 6.29. The lowest BCUT2D eigenvalue weighted by Gasteiger charge is -2.17. The van der Waals surface area contributed by atoms with Crippen molar-refractivity contribution < 1.29 is 14.3 Å². The van der Waals surface area contributed by atoms with Crippen molar-refractivity contribution in [2.24, 2.45) is 5.92 Å². The molecule has 3 N–H and O–H groups in total. The maximum absolute atomic E-state index is 11.6. The first kappa shape index (κ1) is 15.1. The van der Waals surface area contributed by atoms with E-state index in [4.69, 9.17) is 15.2 Å². The highest BCUT2D eigenvalue weighted by molar-refractivity contribution is 5.77. The number of benzene rings is 1. The molecule has 1 amide bonds. The lowest BCUT2D eigenvalue weighted by atomic mass is 10.1. The van der Waals surface area contributed by atoms with Gasteiger partial charge in [-0.2, -0.15) is 0 Å². The van der Waals surface area contributed by atoms with Crippen molar-refractivity contribution in [2.45, 2.75) is 26.8 Å². The molecule has 1 atom stereocenters. The molecule has 1 unspecified atom stereocenters. The summed E-state index contributed by atoms with van der Waals surface area (Å²) in [6, 6.07) is 5.18. The molecule has 106 valence electrons. The van der Waals surface area contributed by atoms with Gasteiger partial charge in [0.25, 0.3) is 5.91 Å². The number of rotatable bonds is 6. The molecule has 1 aromatic rings. The molecule has 0 saturated carbocycles. The van der Waals surface area contributed by atoms with Gasteiger partial charge in [0.2, 0.25) is 0 Å². The molecule has 0 fully saturated rings. The molecular formula is C14H22N2O3. The second-order valence-corrected chi connectivity index (χ2v) is 4.79. The molecule has 0 bridgehead atoms. The number of amides is 1. The number of nitrogens with one attached hydrogen (secondary N) is 1. The quantitative estimate of drug-likeness (QED) is 0.770. The minimum atomic E-state index is -0.143. The van der Waals surface area contributed by atoms with E-state index in [0.29, 0.717) is 23.1 Å². The normalized spacial score (nSPS) is 12.1. The number of methoxy groups -OCH3 is 1. The maximum Gasteiger partial charge on any atom is 0.258 e. The Bertz CT molecular complexity index is 433. The van der Waals surface area contributed by atoms with E-state index in [-0.39, 0.29) is 18.6 Å². The van der Waals surface area contributed by atoms with Crippen LogP contribution in [0.4, 0.5) is 5.69 Å². The third-order valence-electron chi connectivity index (χ3n) is 2.96. The zero-order valence-electron chi connectivity index (χ0n) is 11.9. The molecule has 0 heterocycles. The highest BCUT2D eigenvalue weighted by Gasteiger charge is 2.11. The fourth-order valence-corrected chi connectivity index (χ4v) is 1.41. The number of hydrogen-bond donors (Lipinski definition) is 2. The average Bonchev–Trinajstić information content (AvgIpc) is 2.36. The second kappa shape index (κ2) is 6.87. The molecule has 0 spiro atoms. The first-order chi connectivity index (χ1) is 8.93. The van der Waals surface area contributed by atoms with Gasteiger partial charge in [-0.15, -0.1) is 0 Å². The van der Waals surface area contributed by atoms with Crippen LogP contribution in [0.15, 0.2) is 18.2 Å². The smallest absolute Gasteiger partial charge is 0.258 e. The summed E-state index contributed by atoms with van der Waals surface area (Å²) in [6.45, 7) is 6.04. The summed E-state index contributed by atoms with van der Waals surface area (Å²) >= 11 is 0. The number of hydrogen-bond acceptors (Lipinski definition) is 4. The maximum atomic E-state index is 11.6. The van der Waals surface area contributed by atoms with E-state index in [1.54, 1.807) is 25.3 Å². The summed E-state index contributed by atoms with van der Waals surface area (Å²) in [6.07, 6.45) is 0. The molecule has 1 aromatic carbocycles. The van der Waals surface area contributed by atoms with Crippen LogP contribution in [-0.4, -0.2) is 25.7 Å². The molecule has 0 saturated heterocycles. The SMILES string of the molecule is COc1ccc(OCC(=O)NC(C)C(C)C)cc1N. The summed E-state index contributed by atoms with van der Waals surface area (Å²) in [7, 11) is 1.55. The Kier molecular flexibility index (Phi) is 5.48. The van der Waals surface area contributed by atoms with Crippen molar-refractivity contribution in [3.63, 3.8) is 0 Å². The van der Waals surface area contributed by atoms with Crippen LogP contribution >= 0.6 is 0 Å². The van der Waals surface area contributed by atoms with Gasteiger partial charge in [-0.05, 0) is 25.0 Å². The fraction of sp³-hybridized carbons (Fsp3) is 0.500. The number of nitrogens with two attached hydrogens (primary N) is 1. The summed E-state index contributed by atoms with van der Waals surface area (Å²) in [5.41, 5.74) is 6.24. The molecule has 1 rings (SSSR count). The molecule has 5 nitrogen and oxygen atoms in total. The summed E-state index contributed by atoms with van der Waals surface area (Å²) in [5, 5.41) is 2.87.